The van der Waals surface area contributed by atoms with E-state index in [2.05, 4.69) is 29.2 Å². The monoisotopic (exact) mass is 371 g/mol. The van der Waals surface area contributed by atoms with E-state index in [1.54, 1.807) is 6.07 Å². The molecule has 1 saturated heterocycles. The molecule has 5 nitrogen and oxygen atoms in total. The summed E-state index contributed by atoms with van der Waals surface area (Å²) in [7, 11) is 0. The zero-order chi connectivity index (χ0) is 15.4. The Bertz CT molecular complexity index is 626. The first kappa shape index (κ1) is 20.5. The molecule has 1 amide bonds. The second kappa shape index (κ2) is 9.69. The number of rotatable bonds is 4. The van der Waals surface area contributed by atoms with Crippen molar-refractivity contribution in [3.63, 3.8) is 0 Å². The molecule has 2 heterocycles. The van der Waals surface area contributed by atoms with Crippen LogP contribution in [0.3, 0.4) is 0 Å². The molecule has 1 aromatic carbocycles. The molecule has 0 radical (unpaired) electrons. The lowest BCUT2D eigenvalue weighted by atomic mass is 10.2. The number of piperazine rings is 1. The van der Waals surface area contributed by atoms with Crippen molar-refractivity contribution in [3.8, 4) is 0 Å². The number of carbonyl (C=O) groups is 1. The van der Waals surface area contributed by atoms with E-state index in [1.165, 1.54) is 11.8 Å². The van der Waals surface area contributed by atoms with Crippen LogP contribution in [-0.4, -0.2) is 41.9 Å². The molecule has 2 aromatic rings. The maximum Gasteiger partial charge on any atom is 0.257 e. The molecule has 0 bridgehead atoms. The van der Waals surface area contributed by atoms with Gasteiger partial charge in [-0.3, -0.25) is 9.69 Å². The molecule has 0 aliphatic carbocycles. The number of furan rings is 1. The van der Waals surface area contributed by atoms with Gasteiger partial charge in [0.05, 0.1) is 12.1 Å². The third-order valence-electron chi connectivity index (χ3n) is 4.01. The van der Waals surface area contributed by atoms with Gasteiger partial charge in [-0.25, -0.2) is 0 Å². The fourth-order valence-electron chi connectivity index (χ4n) is 2.73. The summed E-state index contributed by atoms with van der Waals surface area (Å²) >= 11 is 0. The highest BCUT2D eigenvalue weighted by Gasteiger charge is 2.23. The second-order valence-corrected chi connectivity index (χ2v) is 5.56. The van der Waals surface area contributed by atoms with Crippen molar-refractivity contribution in [1.29, 1.82) is 0 Å². The van der Waals surface area contributed by atoms with E-state index in [-0.39, 0.29) is 30.7 Å². The predicted octanol–water partition coefficient (Wildman–Crippen LogP) is 2.54. The fraction of sp³-hybridized carbons (Fsp3) is 0.353. The second-order valence-electron chi connectivity index (χ2n) is 5.56. The third kappa shape index (κ3) is 4.98. The summed E-state index contributed by atoms with van der Waals surface area (Å²) in [5.41, 5.74) is 7.41. The van der Waals surface area contributed by atoms with Crippen LogP contribution >= 0.6 is 24.8 Å². The van der Waals surface area contributed by atoms with Crippen LogP contribution < -0.4 is 5.73 Å². The predicted molar refractivity (Wildman–Crippen MR) is 98.7 cm³/mol. The van der Waals surface area contributed by atoms with Gasteiger partial charge in [0.15, 0.2) is 0 Å². The van der Waals surface area contributed by atoms with E-state index in [0.29, 0.717) is 17.9 Å². The van der Waals surface area contributed by atoms with Crippen molar-refractivity contribution >= 4 is 30.7 Å². The van der Waals surface area contributed by atoms with Crippen molar-refractivity contribution in [2.45, 2.75) is 13.1 Å². The Hall–Kier alpha value is -1.53. The first-order chi connectivity index (χ1) is 10.8. The molecule has 0 spiro atoms. The average molecular weight is 372 g/mol. The smallest absolute Gasteiger partial charge is 0.257 e. The van der Waals surface area contributed by atoms with Crippen LogP contribution in [0, 0.1) is 0 Å². The van der Waals surface area contributed by atoms with E-state index in [0.717, 1.165) is 32.7 Å². The molecule has 1 aliphatic heterocycles. The lowest BCUT2D eigenvalue weighted by molar-refractivity contribution is 0.0628. The summed E-state index contributed by atoms with van der Waals surface area (Å²) in [6.07, 6.45) is 1.50. The van der Waals surface area contributed by atoms with Crippen molar-refractivity contribution in [2.75, 3.05) is 26.2 Å². The highest BCUT2D eigenvalue weighted by molar-refractivity contribution is 5.94. The number of hydrogen-bond donors (Lipinski definition) is 1. The molecule has 2 N–H and O–H groups in total. The van der Waals surface area contributed by atoms with E-state index >= 15 is 0 Å². The minimum atomic E-state index is 0. The zero-order valence-corrected chi connectivity index (χ0v) is 15.0. The van der Waals surface area contributed by atoms with Crippen LogP contribution in [0.5, 0.6) is 0 Å². The summed E-state index contributed by atoms with van der Waals surface area (Å²) < 4.78 is 5.24. The summed E-state index contributed by atoms with van der Waals surface area (Å²) in [6.45, 7) is 4.53. The van der Waals surface area contributed by atoms with Crippen LogP contribution in [0.1, 0.15) is 21.7 Å². The Morgan fingerprint density at radius 2 is 1.75 bits per heavy atom. The number of amides is 1. The van der Waals surface area contributed by atoms with Crippen molar-refractivity contribution in [3.05, 3.63) is 59.5 Å². The third-order valence-corrected chi connectivity index (χ3v) is 4.01. The topological polar surface area (TPSA) is 62.7 Å². The normalized spacial score (nSPS) is 14.6. The Kier molecular flexibility index (Phi) is 8.28. The number of nitrogens with two attached hydrogens (primary N) is 1. The maximum absolute atomic E-state index is 12.4. The molecule has 1 fully saturated rings. The first-order valence-electron chi connectivity index (χ1n) is 7.59. The molecule has 0 atom stereocenters. The van der Waals surface area contributed by atoms with Crippen LogP contribution in [0.25, 0.3) is 0 Å². The Balaban J connectivity index is 0.00000144. The van der Waals surface area contributed by atoms with Crippen molar-refractivity contribution in [1.82, 2.24) is 9.80 Å². The molecule has 7 heteroatoms. The fourth-order valence-corrected chi connectivity index (χ4v) is 2.73. The van der Waals surface area contributed by atoms with Gasteiger partial charge in [-0.1, -0.05) is 30.3 Å². The number of carbonyl (C=O) groups excluding carboxylic acids is 1. The number of benzene rings is 1. The van der Waals surface area contributed by atoms with Gasteiger partial charge in [0.2, 0.25) is 0 Å². The van der Waals surface area contributed by atoms with E-state index in [4.69, 9.17) is 10.2 Å². The van der Waals surface area contributed by atoms with Gasteiger partial charge in [-0.2, -0.15) is 0 Å². The van der Waals surface area contributed by atoms with E-state index in [1.807, 2.05) is 11.0 Å². The number of hydrogen-bond acceptors (Lipinski definition) is 4. The van der Waals surface area contributed by atoms with Crippen LogP contribution in [-0.2, 0) is 13.1 Å². The van der Waals surface area contributed by atoms with Gasteiger partial charge in [0.1, 0.15) is 12.0 Å². The van der Waals surface area contributed by atoms with Gasteiger partial charge in [-0.05, 0) is 11.6 Å². The van der Waals surface area contributed by atoms with Gasteiger partial charge >= 0.3 is 0 Å². The molecule has 0 unspecified atom stereocenters. The summed E-state index contributed by atoms with van der Waals surface area (Å²) in [4.78, 5) is 16.7. The summed E-state index contributed by atoms with van der Waals surface area (Å²) in [6, 6.07) is 12.2. The van der Waals surface area contributed by atoms with Gasteiger partial charge < -0.3 is 15.1 Å². The van der Waals surface area contributed by atoms with E-state index in [9.17, 15) is 4.79 Å². The Morgan fingerprint density at radius 1 is 1.08 bits per heavy atom. The van der Waals surface area contributed by atoms with Crippen LogP contribution in [0.4, 0.5) is 0 Å². The summed E-state index contributed by atoms with van der Waals surface area (Å²) in [5.74, 6) is 0.675. The minimum Gasteiger partial charge on any atom is -0.467 e. The van der Waals surface area contributed by atoms with Crippen LogP contribution in [0.2, 0.25) is 0 Å². The number of halogens is 2. The number of nitrogens with zero attached hydrogens (tertiary/aromatic N) is 2. The molecule has 132 valence electrons. The van der Waals surface area contributed by atoms with Crippen molar-refractivity contribution in [2.24, 2.45) is 5.73 Å². The SMILES string of the molecule is Cl.Cl.NCc1cc(C(=O)N2CCN(Cc3ccccc3)CC2)co1. The molecular weight excluding hydrogens is 349 g/mol. The standard InChI is InChI=1S/C17H21N3O2.2ClH/c18-11-16-10-15(13-22-16)17(21)20-8-6-19(7-9-20)12-14-4-2-1-3-5-14;;/h1-5,10,13H,6-9,11-12,18H2;2*1H. The van der Waals surface area contributed by atoms with E-state index < -0.39 is 0 Å². The quantitative estimate of drug-likeness (QED) is 0.896. The molecule has 1 aromatic heterocycles. The Labute approximate surface area is 154 Å². The highest BCUT2D eigenvalue weighted by atomic mass is 35.5. The molecule has 3 rings (SSSR count). The lowest BCUT2D eigenvalue weighted by Crippen LogP contribution is -2.48. The largest absolute Gasteiger partial charge is 0.467 e. The Morgan fingerprint density at radius 3 is 2.33 bits per heavy atom. The minimum absolute atomic E-state index is 0. The highest BCUT2D eigenvalue weighted by Crippen LogP contribution is 2.13. The molecular formula is C17H23Cl2N3O2. The zero-order valence-electron chi connectivity index (χ0n) is 13.4. The van der Waals surface area contributed by atoms with Crippen molar-refractivity contribution < 1.29 is 9.21 Å². The van der Waals surface area contributed by atoms with Gasteiger partial charge in [0, 0.05) is 32.7 Å². The van der Waals surface area contributed by atoms with Gasteiger partial charge in [0.25, 0.3) is 5.91 Å². The summed E-state index contributed by atoms with van der Waals surface area (Å²) in [5, 5.41) is 0. The molecule has 24 heavy (non-hydrogen) atoms. The maximum atomic E-state index is 12.4. The van der Waals surface area contributed by atoms with Gasteiger partial charge in [-0.15, -0.1) is 24.8 Å². The van der Waals surface area contributed by atoms with Crippen LogP contribution in [0.15, 0.2) is 47.1 Å². The molecule has 0 saturated carbocycles. The average Bonchev–Trinajstić information content (AvgIpc) is 3.05. The first-order valence-corrected chi connectivity index (χ1v) is 7.59. The lowest BCUT2D eigenvalue weighted by Gasteiger charge is -2.34. The molecule has 1 aliphatic rings.